The van der Waals surface area contributed by atoms with Crippen LogP contribution in [0, 0.1) is 0 Å². The number of para-hydroxylation sites is 2. The molecule has 13 aromatic rings. The molecule has 294 valence electrons. The third-order valence-electron chi connectivity index (χ3n) is 12.4. The normalized spacial score (nSPS) is 11.8. The second kappa shape index (κ2) is 14.0. The Balaban J connectivity index is 1.04. The first-order valence-corrected chi connectivity index (χ1v) is 21.2. The van der Waals surface area contributed by atoms with E-state index >= 15 is 0 Å². The minimum Gasteiger partial charge on any atom is -0.452 e. The zero-order valence-electron chi connectivity index (χ0n) is 33.9. The van der Waals surface area contributed by atoms with Crippen LogP contribution in [0.25, 0.3) is 122 Å². The van der Waals surface area contributed by atoms with Crippen LogP contribution in [0.15, 0.2) is 217 Å². The van der Waals surface area contributed by atoms with Crippen LogP contribution in [-0.4, -0.2) is 24.1 Å². The number of hydrogen-bond acceptors (Lipinski definition) is 4. The maximum absolute atomic E-state index is 7.33. The Bertz CT molecular complexity index is 3830. The molecule has 0 bridgehead atoms. The van der Waals surface area contributed by atoms with Gasteiger partial charge in [-0.2, -0.15) is 0 Å². The van der Waals surface area contributed by atoms with E-state index in [4.69, 9.17) is 19.4 Å². The quantitative estimate of drug-likeness (QED) is 0.168. The van der Waals surface area contributed by atoms with Crippen LogP contribution in [0.2, 0.25) is 0 Å². The number of furan rings is 1. The third-order valence-corrected chi connectivity index (χ3v) is 12.4. The lowest BCUT2D eigenvalue weighted by Crippen LogP contribution is -2.01. The topological polar surface area (TPSA) is 61.7 Å². The molecule has 6 nitrogen and oxygen atoms in total. The van der Waals surface area contributed by atoms with Gasteiger partial charge >= 0.3 is 0 Å². The Morgan fingerprint density at radius 1 is 0.286 bits per heavy atom. The summed E-state index contributed by atoms with van der Waals surface area (Å²) >= 11 is 0. The molecule has 4 heterocycles. The Labute approximate surface area is 361 Å². The molecule has 0 unspecified atom stereocenters. The van der Waals surface area contributed by atoms with E-state index in [-0.39, 0.29) is 0 Å². The summed E-state index contributed by atoms with van der Waals surface area (Å²) < 4.78 is 12.0. The number of nitrogens with zero attached hydrogens (tertiary/aromatic N) is 5. The highest BCUT2D eigenvalue weighted by Crippen LogP contribution is 2.44. The van der Waals surface area contributed by atoms with Crippen LogP contribution in [0.3, 0.4) is 0 Å². The first-order chi connectivity index (χ1) is 31.2. The predicted molar refractivity (Wildman–Crippen MR) is 258 cm³/mol. The van der Waals surface area contributed by atoms with Crippen LogP contribution >= 0.6 is 0 Å². The molecule has 0 N–H and O–H groups in total. The molecule has 9 aromatic carbocycles. The highest BCUT2D eigenvalue weighted by Gasteiger charge is 2.23. The highest BCUT2D eigenvalue weighted by molar-refractivity contribution is 6.26. The molecule has 6 heteroatoms. The maximum Gasteiger partial charge on any atom is 0.164 e. The van der Waals surface area contributed by atoms with Crippen LogP contribution in [0.4, 0.5) is 0 Å². The van der Waals surface area contributed by atoms with Crippen molar-refractivity contribution in [3.63, 3.8) is 0 Å². The second-order valence-corrected chi connectivity index (χ2v) is 16.0. The van der Waals surface area contributed by atoms with Gasteiger partial charge in [0, 0.05) is 60.4 Å². The van der Waals surface area contributed by atoms with Crippen molar-refractivity contribution in [2.45, 2.75) is 0 Å². The van der Waals surface area contributed by atoms with E-state index in [0.717, 1.165) is 88.2 Å². The van der Waals surface area contributed by atoms with E-state index in [1.165, 1.54) is 16.5 Å². The predicted octanol–water partition coefficient (Wildman–Crippen LogP) is 14.6. The van der Waals surface area contributed by atoms with Crippen molar-refractivity contribution in [3.05, 3.63) is 212 Å². The Morgan fingerprint density at radius 2 is 0.698 bits per heavy atom. The number of hydrogen-bond donors (Lipinski definition) is 0. The van der Waals surface area contributed by atoms with Gasteiger partial charge in [-0.05, 0) is 59.7 Å². The summed E-state index contributed by atoms with van der Waals surface area (Å²) in [6.45, 7) is 0. The van der Waals surface area contributed by atoms with Crippen molar-refractivity contribution in [2.24, 2.45) is 0 Å². The fourth-order valence-electron chi connectivity index (χ4n) is 9.48. The molecule has 0 aliphatic carbocycles. The summed E-state index contributed by atoms with van der Waals surface area (Å²) in [5.74, 6) is 1.86. The smallest absolute Gasteiger partial charge is 0.164 e. The molecule has 0 radical (unpaired) electrons. The summed E-state index contributed by atoms with van der Waals surface area (Å²) in [7, 11) is 0. The first-order valence-electron chi connectivity index (χ1n) is 21.2. The SMILES string of the molecule is c1ccc(-c2ccc(-n3c4ccccc4c4ccc5c6ccc7c8ccccc8n(-c8cccc(-c9nc(-c%10ccccc%10)nc(-c%10ccccc%10)n9)c8)c7c6oc5c43)cc2)cc1. The Hall–Kier alpha value is -8.61. The molecule has 0 amide bonds. The summed E-state index contributed by atoms with van der Waals surface area (Å²) in [5, 5.41) is 6.73. The zero-order valence-corrected chi connectivity index (χ0v) is 33.9. The maximum atomic E-state index is 7.33. The van der Waals surface area contributed by atoms with Crippen LogP contribution in [0.5, 0.6) is 0 Å². The van der Waals surface area contributed by atoms with Gasteiger partial charge in [0.15, 0.2) is 28.6 Å². The minimum atomic E-state index is 0.603. The number of fused-ring (bicyclic) bond motifs is 11. The fourth-order valence-corrected chi connectivity index (χ4v) is 9.48. The van der Waals surface area contributed by atoms with Crippen LogP contribution < -0.4 is 0 Å². The van der Waals surface area contributed by atoms with Crippen molar-refractivity contribution >= 4 is 65.6 Å². The molecule has 0 saturated carbocycles. The molecule has 0 aliphatic rings. The van der Waals surface area contributed by atoms with E-state index in [2.05, 4.69) is 161 Å². The van der Waals surface area contributed by atoms with E-state index in [1.807, 2.05) is 60.7 Å². The van der Waals surface area contributed by atoms with E-state index < -0.39 is 0 Å². The minimum absolute atomic E-state index is 0.603. The van der Waals surface area contributed by atoms with Gasteiger partial charge in [-0.3, -0.25) is 0 Å². The van der Waals surface area contributed by atoms with Gasteiger partial charge < -0.3 is 13.6 Å². The molecule has 0 spiro atoms. The zero-order chi connectivity index (χ0) is 41.4. The van der Waals surface area contributed by atoms with Gasteiger partial charge in [0.1, 0.15) is 0 Å². The van der Waals surface area contributed by atoms with Gasteiger partial charge in [-0.25, -0.2) is 15.0 Å². The van der Waals surface area contributed by atoms with Crippen molar-refractivity contribution in [2.75, 3.05) is 0 Å². The lowest BCUT2D eigenvalue weighted by molar-refractivity contribution is 0.673. The molecular weight excluding hydrogens is 771 g/mol. The Morgan fingerprint density at radius 3 is 1.24 bits per heavy atom. The van der Waals surface area contributed by atoms with Gasteiger partial charge in [0.25, 0.3) is 0 Å². The van der Waals surface area contributed by atoms with Crippen molar-refractivity contribution < 1.29 is 4.42 Å². The van der Waals surface area contributed by atoms with Gasteiger partial charge in [-0.1, -0.05) is 164 Å². The summed E-state index contributed by atoms with van der Waals surface area (Å²) in [4.78, 5) is 15.1. The van der Waals surface area contributed by atoms with Crippen molar-refractivity contribution in [3.8, 4) is 56.7 Å². The number of aromatic nitrogens is 5. The van der Waals surface area contributed by atoms with Crippen molar-refractivity contribution in [1.29, 1.82) is 0 Å². The molecule has 4 aromatic heterocycles. The first kappa shape index (κ1) is 35.2. The van der Waals surface area contributed by atoms with E-state index in [1.54, 1.807) is 0 Å². The van der Waals surface area contributed by atoms with Crippen molar-refractivity contribution in [1.82, 2.24) is 24.1 Å². The molecule has 0 atom stereocenters. The van der Waals surface area contributed by atoms with Gasteiger partial charge in [-0.15, -0.1) is 0 Å². The average Bonchev–Trinajstić information content (AvgIpc) is 4.03. The van der Waals surface area contributed by atoms with Gasteiger partial charge in [0.05, 0.1) is 22.1 Å². The monoisotopic (exact) mass is 805 g/mol. The molecule has 13 rings (SSSR count). The number of benzene rings is 9. The van der Waals surface area contributed by atoms with E-state index in [0.29, 0.717) is 17.5 Å². The lowest BCUT2D eigenvalue weighted by atomic mass is 10.1. The number of rotatable bonds is 6. The largest absolute Gasteiger partial charge is 0.452 e. The lowest BCUT2D eigenvalue weighted by Gasteiger charge is -2.11. The standard InChI is InChI=1S/C57H35N5O/c1-4-15-36(16-5-1)37-27-29-41(30-28-37)61-49-25-12-10-23-43(49)45-31-33-47-48-34-32-46-44-24-11-13-26-50(44)62(52(46)54(48)63-53(47)51(45)61)42-22-14-21-40(35-42)57-59-55(38-17-6-2-7-18-38)58-56(60-57)39-19-8-3-9-20-39/h1-35H. The highest BCUT2D eigenvalue weighted by atomic mass is 16.3. The summed E-state index contributed by atoms with van der Waals surface area (Å²) in [5.41, 5.74) is 13.1. The van der Waals surface area contributed by atoms with Crippen LogP contribution in [-0.2, 0) is 0 Å². The Kier molecular flexibility index (Phi) is 7.80. The van der Waals surface area contributed by atoms with Gasteiger partial charge in [0.2, 0.25) is 0 Å². The van der Waals surface area contributed by atoms with Crippen LogP contribution in [0.1, 0.15) is 0 Å². The summed E-state index contributed by atoms with van der Waals surface area (Å²) in [6.07, 6.45) is 0. The average molecular weight is 806 g/mol. The molecule has 0 aliphatic heterocycles. The fraction of sp³-hybridized carbons (Fsp3) is 0. The molecule has 0 fully saturated rings. The second-order valence-electron chi connectivity index (χ2n) is 16.0. The molecule has 0 saturated heterocycles. The van der Waals surface area contributed by atoms with E-state index in [9.17, 15) is 0 Å². The molecular formula is C57H35N5O. The molecule has 63 heavy (non-hydrogen) atoms. The summed E-state index contributed by atoms with van der Waals surface area (Å²) in [6, 6.07) is 74.3. The third kappa shape index (κ3) is 5.55.